The van der Waals surface area contributed by atoms with Crippen molar-refractivity contribution < 1.29 is 0 Å². The lowest BCUT2D eigenvalue weighted by Gasteiger charge is -2.04. The maximum atomic E-state index is 4.14. The van der Waals surface area contributed by atoms with Crippen molar-refractivity contribution in [2.75, 3.05) is 13.1 Å². The van der Waals surface area contributed by atoms with E-state index in [9.17, 15) is 0 Å². The standard InChI is InChI=1S/C8H12N4/c1-2-9-6-7(1)5-8-10-3-4-11-12-8/h3-4,7,9H,1-2,5-6H2. The molecule has 0 saturated carbocycles. The molecule has 1 unspecified atom stereocenters. The van der Waals surface area contributed by atoms with E-state index < -0.39 is 0 Å². The second-order valence-electron chi connectivity index (χ2n) is 3.12. The number of nitrogens with zero attached hydrogens (tertiary/aromatic N) is 3. The van der Waals surface area contributed by atoms with Gasteiger partial charge < -0.3 is 5.32 Å². The molecule has 0 radical (unpaired) electrons. The van der Waals surface area contributed by atoms with Gasteiger partial charge in [0.25, 0.3) is 0 Å². The quantitative estimate of drug-likeness (QED) is 0.669. The van der Waals surface area contributed by atoms with E-state index in [1.54, 1.807) is 12.4 Å². The number of rotatable bonds is 2. The molecule has 0 spiro atoms. The highest BCUT2D eigenvalue weighted by Gasteiger charge is 2.15. The van der Waals surface area contributed by atoms with Crippen LogP contribution in [0.5, 0.6) is 0 Å². The smallest absolute Gasteiger partial charge is 0.151 e. The minimum atomic E-state index is 0.703. The average Bonchev–Trinajstić information content (AvgIpc) is 2.59. The first kappa shape index (κ1) is 7.61. The third-order valence-corrected chi connectivity index (χ3v) is 2.16. The third kappa shape index (κ3) is 1.76. The summed E-state index contributed by atoms with van der Waals surface area (Å²) < 4.78 is 0. The van der Waals surface area contributed by atoms with Gasteiger partial charge in [0.15, 0.2) is 5.82 Å². The second-order valence-corrected chi connectivity index (χ2v) is 3.12. The van der Waals surface area contributed by atoms with Crippen molar-refractivity contribution in [2.45, 2.75) is 12.8 Å². The molecule has 0 aliphatic carbocycles. The van der Waals surface area contributed by atoms with E-state index in [2.05, 4.69) is 20.5 Å². The molecule has 64 valence electrons. The van der Waals surface area contributed by atoms with Crippen molar-refractivity contribution >= 4 is 0 Å². The van der Waals surface area contributed by atoms with Crippen molar-refractivity contribution in [2.24, 2.45) is 5.92 Å². The highest BCUT2D eigenvalue weighted by molar-refractivity contribution is 4.87. The number of hydrogen-bond donors (Lipinski definition) is 1. The molecule has 1 saturated heterocycles. The number of nitrogens with one attached hydrogen (secondary N) is 1. The molecule has 0 bridgehead atoms. The molecule has 1 aromatic rings. The monoisotopic (exact) mass is 164 g/mol. The summed E-state index contributed by atoms with van der Waals surface area (Å²) in [4.78, 5) is 4.14. The second kappa shape index (κ2) is 3.58. The highest BCUT2D eigenvalue weighted by atomic mass is 15.1. The fourth-order valence-electron chi connectivity index (χ4n) is 1.52. The van der Waals surface area contributed by atoms with Gasteiger partial charge >= 0.3 is 0 Å². The molecule has 4 nitrogen and oxygen atoms in total. The maximum absolute atomic E-state index is 4.14. The average molecular weight is 164 g/mol. The van der Waals surface area contributed by atoms with Crippen LogP contribution in [0.4, 0.5) is 0 Å². The van der Waals surface area contributed by atoms with Gasteiger partial charge in [-0.2, -0.15) is 5.10 Å². The van der Waals surface area contributed by atoms with Gasteiger partial charge in [-0.25, -0.2) is 4.98 Å². The van der Waals surface area contributed by atoms with Crippen molar-refractivity contribution in [3.05, 3.63) is 18.2 Å². The minimum absolute atomic E-state index is 0.703. The molecule has 1 fully saturated rings. The summed E-state index contributed by atoms with van der Waals surface area (Å²) in [5, 5.41) is 11.1. The van der Waals surface area contributed by atoms with Crippen LogP contribution < -0.4 is 5.32 Å². The Hall–Kier alpha value is -1.03. The van der Waals surface area contributed by atoms with Crippen LogP contribution in [0.2, 0.25) is 0 Å². The summed E-state index contributed by atoms with van der Waals surface area (Å²) in [5.74, 6) is 1.57. The molecule has 1 aliphatic rings. The lowest BCUT2D eigenvalue weighted by Crippen LogP contribution is -2.12. The van der Waals surface area contributed by atoms with E-state index in [1.165, 1.54) is 6.42 Å². The van der Waals surface area contributed by atoms with Gasteiger partial charge in [0.2, 0.25) is 0 Å². The molecule has 1 aliphatic heterocycles. The van der Waals surface area contributed by atoms with Gasteiger partial charge in [0.05, 0.1) is 6.20 Å². The highest BCUT2D eigenvalue weighted by Crippen LogP contribution is 2.11. The van der Waals surface area contributed by atoms with Crippen LogP contribution in [0, 0.1) is 5.92 Å². The van der Waals surface area contributed by atoms with Gasteiger partial charge in [-0.05, 0) is 25.4 Å². The van der Waals surface area contributed by atoms with Crippen LogP contribution in [-0.4, -0.2) is 28.3 Å². The lowest BCUT2D eigenvalue weighted by molar-refractivity contribution is 0.555. The first-order valence-corrected chi connectivity index (χ1v) is 4.28. The van der Waals surface area contributed by atoms with Crippen molar-refractivity contribution in [1.82, 2.24) is 20.5 Å². The summed E-state index contributed by atoms with van der Waals surface area (Å²) in [6.45, 7) is 2.23. The van der Waals surface area contributed by atoms with Gasteiger partial charge in [-0.3, -0.25) is 0 Å². The van der Waals surface area contributed by atoms with E-state index in [4.69, 9.17) is 0 Å². The van der Waals surface area contributed by atoms with Crippen LogP contribution in [0.25, 0.3) is 0 Å². The van der Waals surface area contributed by atoms with Crippen LogP contribution in [0.1, 0.15) is 12.2 Å². The van der Waals surface area contributed by atoms with E-state index in [-0.39, 0.29) is 0 Å². The fraction of sp³-hybridized carbons (Fsp3) is 0.625. The van der Waals surface area contributed by atoms with Crippen LogP contribution >= 0.6 is 0 Å². The van der Waals surface area contributed by atoms with Crippen molar-refractivity contribution in [3.63, 3.8) is 0 Å². The Balaban J connectivity index is 1.94. The lowest BCUT2D eigenvalue weighted by atomic mass is 10.1. The van der Waals surface area contributed by atoms with Gasteiger partial charge in [0, 0.05) is 12.6 Å². The van der Waals surface area contributed by atoms with E-state index in [1.807, 2.05) is 0 Å². The summed E-state index contributed by atoms with van der Waals surface area (Å²) in [6, 6.07) is 0. The Morgan fingerprint density at radius 3 is 3.17 bits per heavy atom. The molecule has 2 rings (SSSR count). The largest absolute Gasteiger partial charge is 0.316 e. The molecule has 2 heterocycles. The molecule has 0 aromatic carbocycles. The summed E-state index contributed by atoms with van der Waals surface area (Å²) in [5.41, 5.74) is 0. The van der Waals surface area contributed by atoms with E-state index in [0.29, 0.717) is 5.92 Å². The predicted molar refractivity (Wildman–Crippen MR) is 44.5 cm³/mol. The van der Waals surface area contributed by atoms with Crippen LogP contribution in [0.3, 0.4) is 0 Å². The summed E-state index contributed by atoms with van der Waals surface area (Å²) in [6.07, 6.45) is 5.50. The molecular formula is C8H12N4. The van der Waals surface area contributed by atoms with Crippen LogP contribution in [0.15, 0.2) is 12.4 Å². The van der Waals surface area contributed by atoms with Crippen molar-refractivity contribution in [1.29, 1.82) is 0 Å². The van der Waals surface area contributed by atoms with Gasteiger partial charge in [-0.15, -0.1) is 5.10 Å². The molecule has 0 amide bonds. The maximum Gasteiger partial charge on any atom is 0.151 e. The van der Waals surface area contributed by atoms with Crippen molar-refractivity contribution in [3.8, 4) is 0 Å². The number of aromatic nitrogens is 3. The first-order chi connectivity index (χ1) is 5.95. The Morgan fingerprint density at radius 2 is 2.50 bits per heavy atom. The number of hydrogen-bond acceptors (Lipinski definition) is 4. The molecule has 1 atom stereocenters. The summed E-state index contributed by atoms with van der Waals surface area (Å²) >= 11 is 0. The summed E-state index contributed by atoms with van der Waals surface area (Å²) in [7, 11) is 0. The Bertz CT molecular complexity index is 230. The minimum Gasteiger partial charge on any atom is -0.316 e. The Morgan fingerprint density at radius 1 is 1.50 bits per heavy atom. The molecule has 1 N–H and O–H groups in total. The Kier molecular flexibility index (Phi) is 2.27. The van der Waals surface area contributed by atoms with Gasteiger partial charge in [-0.1, -0.05) is 0 Å². The molecule has 12 heavy (non-hydrogen) atoms. The topological polar surface area (TPSA) is 50.7 Å². The first-order valence-electron chi connectivity index (χ1n) is 4.28. The fourth-order valence-corrected chi connectivity index (χ4v) is 1.52. The predicted octanol–water partition coefficient (Wildman–Crippen LogP) is 0.0236. The van der Waals surface area contributed by atoms with E-state index in [0.717, 1.165) is 25.3 Å². The molecule has 4 heteroatoms. The zero-order valence-corrected chi connectivity index (χ0v) is 6.90. The molecule has 1 aromatic heterocycles. The zero-order chi connectivity index (χ0) is 8.23. The van der Waals surface area contributed by atoms with Crippen LogP contribution in [-0.2, 0) is 6.42 Å². The zero-order valence-electron chi connectivity index (χ0n) is 6.90. The SMILES string of the molecule is c1cnc(CC2CCNC2)nn1. The van der Waals surface area contributed by atoms with Gasteiger partial charge in [0.1, 0.15) is 0 Å². The molecular weight excluding hydrogens is 152 g/mol. The Labute approximate surface area is 71.4 Å². The third-order valence-electron chi connectivity index (χ3n) is 2.16. The van der Waals surface area contributed by atoms with E-state index >= 15 is 0 Å². The normalized spacial score (nSPS) is 22.8.